The molecule has 5 heteroatoms. The molecule has 1 unspecified atom stereocenters. The first-order valence-corrected chi connectivity index (χ1v) is 10.1. The molecule has 146 valence electrons. The minimum atomic E-state index is 0.433. The summed E-state index contributed by atoms with van der Waals surface area (Å²) in [6.07, 6.45) is 2.41. The van der Waals surface area contributed by atoms with Crippen LogP contribution in [0.4, 0.5) is 5.69 Å². The van der Waals surface area contributed by atoms with E-state index in [1.807, 2.05) is 7.05 Å². The fourth-order valence-electron chi connectivity index (χ4n) is 3.11. The zero-order chi connectivity index (χ0) is 18.8. The standard InChI is InChI=1S/C21H37N5/c1-18(2)19(3)24-21(22-4)23-12-8-9-13-25-14-16-26(17-15-25)20-10-6-5-7-11-20/h5-7,10-11,18-19H,8-9,12-17H2,1-4H3,(H2,22,23,24). The summed E-state index contributed by atoms with van der Waals surface area (Å²) in [7, 11) is 1.84. The number of nitrogens with zero attached hydrogens (tertiary/aromatic N) is 3. The van der Waals surface area contributed by atoms with Crippen LogP contribution in [0.5, 0.6) is 0 Å². The van der Waals surface area contributed by atoms with Gasteiger partial charge in [0.25, 0.3) is 0 Å². The number of guanidine groups is 1. The summed E-state index contributed by atoms with van der Waals surface area (Å²) in [4.78, 5) is 9.39. The Kier molecular flexibility index (Phi) is 8.75. The molecule has 1 aliphatic heterocycles. The molecule has 1 aromatic rings. The third-order valence-corrected chi connectivity index (χ3v) is 5.28. The molecule has 1 atom stereocenters. The average molecular weight is 360 g/mol. The lowest BCUT2D eigenvalue weighted by atomic mass is 10.1. The van der Waals surface area contributed by atoms with Crippen LogP contribution in [0, 0.1) is 5.92 Å². The van der Waals surface area contributed by atoms with Gasteiger partial charge in [0.15, 0.2) is 5.96 Å². The average Bonchev–Trinajstić information content (AvgIpc) is 2.67. The van der Waals surface area contributed by atoms with Crippen LogP contribution in [-0.2, 0) is 0 Å². The topological polar surface area (TPSA) is 42.9 Å². The number of unbranched alkanes of at least 4 members (excludes halogenated alkanes) is 1. The Morgan fingerprint density at radius 2 is 1.73 bits per heavy atom. The zero-order valence-electron chi connectivity index (χ0n) is 17.0. The van der Waals surface area contributed by atoms with E-state index >= 15 is 0 Å². The van der Waals surface area contributed by atoms with Crippen molar-refractivity contribution in [3.8, 4) is 0 Å². The van der Waals surface area contributed by atoms with Gasteiger partial charge >= 0.3 is 0 Å². The monoisotopic (exact) mass is 359 g/mol. The molecule has 2 N–H and O–H groups in total. The van der Waals surface area contributed by atoms with Gasteiger partial charge in [0, 0.05) is 51.5 Å². The Bertz CT molecular complexity index is 520. The van der Waals surface area contributed by atoms with Gasteiger partial charge in [-0.2, -0.15) is 0 Å². The first-order chi connectivity index (χ1) is 12.6. The van der Waals surface area contributed by atoms with E-state index in [1.165, 1.54) is 25.1 Å². The highest BCUT2D eigenvalue weighted by molar-refractivity contribution is 5.79. The summed E-state index contributed by atoms with van der Waals surface area (Å²) >= 11 is 0. The van der Waals surface area contributed by atoms with Gasteiger partial charge in [0.2, 0.25) is 0 Å². The van der Waals surface area contributed by atoms with E-state index in [4.69, 9.17) is 0 Å². The second-order valence-electron chi connectivity index (χ2n) is 7.55. The highest BCUT2D eigenvalue weighted by Crippen LogP contribution is 2.15. The number of nitrogens with one attached hydrogen (secondary N) is 2. The van der Waals surface area contributed by atoms with E-state index in [0.717, 1.165) is 38.7 Å². The number of aliphatic imine (C=N–C) groups is 1. The normalized spacial score (nSPS) is 17.4. The quantitative estimate of drug-likeness (QED) is 0.426. The van der Waals surface area contributed by atoms with Gasteiger partial charge in [-0.05, 0) is 44.4 Å². The van der Waals surface area contributed by atoms with Gasteiger partial charge in [0.1, 0.15) is 0 Å². The maximum Gasteiger partial charge on any atom is 0.191 e. The predicted molar refractivity (Wildman–Crippen MR) is 113 cm³/mol. The molecule has 1 aliphatic rings. The van der Waals surface area contributed by atoms with Crippen molar-refractivity contribution in [2.24, 2.45) is 10.9 Å². The Balaban J connectivity index is 1.57. The van der Waals surface area contributed by atoms with E-state index < -0.39 is 0 Å². The molecule has 5 nitrogen and oxygen atoms in total. The van der Waals surface area contributed by atoms with Crippen LogP contribution >= 0.6 is 0 Å². The Labute approximate surface area is 159 Å². The molecule has 0 amide bonds. The molecule has 0 aromatic heterocycles. The van der Waals surface area contributed by atoms with Crippen molar-refractivity contribution < 1.29 is 0 Å². The maximum absolute atomic E-state index is 4.31. The van der Waals surface area contributed by atoms with Crippen LogP contribution in [0.15, 0.2) is 35.3 Å². The number of benzene rings is 1. The van der Waals surface area contributed by atoms with Crippen molar-refractivity contribution in [3.05, 3.63) is 30.3 Å². The van der Waals surface area contributed by atoms with Crippen molar-refractivity contribution in [1.82, 2.24) is 15.5 Å². The molecule has 0 saturated carbocycles. The zero-order valence-corrected chi connectivity index (χ0v) is 17.0. The summed E-state index contributed by atoms with van der Waals surface area (Å²) < 4.78 is 0. The molecule has 0 radical (unpaired) electrons. The summed E-state index contributed by atoms with van der Waals surface area (Å²) in [5, 5.41) is 6.88. The van der Waals surface area contributed by atoms with Gasteiger partial charge in [-0.25, -0.2) is 0 Å². The Hall–Kier alpha value is -1.75. The molecule has 1 saturated heterocycles. The van der Waals surface area contributed by atoms with Crippen LogP contribution in [0.3, 0.4) is 0 Å². The number of anilines is 1. The number of rotatable bonds is 8. The molecule has 26 heavy (non-hydrogen) atoms. The Morgan fingerprint density at radius 3 is 2.35 bits per heavy atom. The number of para-hydroxylation sites is 1. The predicted octanol–water partition coefficient (Wildman–Crippen LogP) is 2.80. The molecule has 0 bridgehead atoms. The minimum Gasteiger partial charge on any atom is -0.369 e. The van der Waals surface area contributed by atoms with E-state index in [2.05, 4.69) is 76.5 Å². The number of hydrogen-bond acceptors (Lipinski definition) is 3. The molecule has 2 rings (SSSR count). The lowest BCUT2D eigenvalue weighted by Crippen LogP contribution is -2.47. The highest BCUT2D eigenvalue weighted by atomic mass is 15.3. The molecule has 1 aromatic carbocycles. The van der Waals surface area contributed by atoms with Crippen LogP contribution in [0.1, 0.15) is 33.6 Å². The lowest BCUT2D eigenvalue weighted by molar-refractivity contribution is 0.253. The van der Waals surface area contributed by atoms with Crippen LogP contribution < -0.4 is 15.5 Å². The summed E-state index contributed by atoms with van der Waals surface area (Å²) in [6.45, 7) is 13.4. The van der Waals surface area contributed by atoms with Gasteiger partial charge in [-0.1, -0.05) is 32.0 Å². The lowest BCUT2D eigenvalue weighted by Gasteiger charge is -2.36. The smallest absolute Gasteiger partial charge is 0.191 e. The van der Waals surface area contributed by atoms with Gasteiger partial charge in [0.05, 0.1) is 0 Å². The van der Waals surface area contributed by atoms with Crippen LogP contribution in [0.2, 0.25) is 0 Å². The third kappa shape index (κ3) is 6.87. The van der Waals surface area contributed by atoms with Gasteiger partial charge < -0.3 is 15.5 Å². The molecule has 0 spiro atoms. The van der Waals surface area contributed by atoms with Crippen molar-refractivity contribution in [3.63, 3.8) is 0 Å². The van der Waals surface area contributed by atoms with Crippen LogP contribution in [0.25, 0.3) is 0 Å². The second-order valence-corrected chi connectivity index (χ2v) is 7.55. The first-order valence-electron chi connectivity index (χ1n) is 10.1. The molecular formula is C21H37N5. The number of piperazine rings is 1. The van der Waals surface area contributed by atoms with Gasteiger partial charge in [-0.3, -0.25) is 9.89 Å². The first kappa shape index (κ1) is 20.6. The van der Waals surface area contributed by atoms with Crippen molar-refractivity contribution in [2.75, 3.05) is 51.2 Å². The maximum atomic E-state index is 4.31. The fourth-order valence-corrected chi connectivity index (χ4v) is 3.11. The molecule has 0 aliphatic carbocycles. The highest BCUT2D eigenvalue weighted by Gasteiger charge is 2.16. The molecular weight excluding hydrogens is 322 g/mol. The molecule has 1 heterocycles. The Morgan fingerprint density at radius 1 is 1.04 bits per heavy atom. The van der Waals surface area contributed by atoms with Crippen molar-refractivity contribution in [1.29, 1.82) is 0 Å². The van der Waals surface area contributed by atoms with E-state index in [1.54, 1.807) is 0 Å². The van der Waals surface area contributed by atoms with E-state index in [0.29, 0.717) is 12.0 Å². The van der Waals surface area contributed by atoms with Crippen molar-refractivity contribution in [2.45, 2.75) is 39.7 Å². The van der Waals surface area contributed by atoms with Gasteiger partial charge in [-0.15, -0.1) is 0 Å². The van der Waals surface area contributed by atoms with Crippen molar-refractivity contribution >= 4 is 11.6 Å². The third-order valence-electron chi connectivity index (χ3n) is 5.28. The van der Waals surface area contributed by atoms with E-state index in [9.17, 15) is 0 Å². The van der Waals surface area contributed by atoms with Crippen LogP contribution in [-0.4, -0.2) is 63.2 Å². The SMILES string of the molecule is CN=C(NCCCCN1CCN(c2ccccc2)CC1)NC(C)C(C)C. The summed E-state index contributed by atoms with van der Waals surface area (Å²) in [5.74, 6) is 1.52. The fraction of sp³-hybridized carbons (Fsp3) is 0.667. The summed E-state index contributed by atoms with van der Waals surface area (Å²) in [5.41, 5.74) is 1.35. The second kappa shape index (κ2) is 11.1. The molecule has 1 fully saturated rings. The number of hydrogen-bond donors (Lipinski definition) is 2. The minimum absolute atomic E-state index is 0.433. The summed E-state index contributed by atoms with van der Waals surface area (Å²) in [6, 6.07) is 11.2. The van der Waals surface area contributed by atoms with E-state index in [-0.39, 0.29) is 0 Å². The largest absolute Gasteiger partial charge is 0.369 e.